The highest BCUT2D eigenvalue weighted by molar-refractivity contribution is 5.95. The molecule has 0 aromatic heterocycles. The standard InChI is InChI=1S/C13H18FN3O3/c1-9-7-10(17(19)20)8-11(12(9)14)13(18)16(4)6-5-15(2)3/h7-8H,5-6H2,1-4H3. The summed E-state index contributed by atoms with van der Waals surface area (Å²) < 4.78 is 14.0. The van der Waals surface area contributed by atoms with Crippen molar-refractivity contribution in [1.29, 1.82) is 0 Å². The van der Waals surface area contributed by atoms with E-state index in [1.54, 1.807) is 7.05 Å². The van der Waals surface area contributed by atoms with E-state index >= 15 is 0 Å². The quantitative estimate of drug-likeness (QED) is 0.609. The van der Waals surface area contributed by atoms with Gasteiger partial charge in [-0.2, -0.15) is 0 Å². The van der Waals surface area contributed by atoms with Crippen LogP contribution in [0, 0.1) is 22.9 Å². The number of nitro benzene ring substituents is 1. The molecule has 0 aliphatic carbocycles. The van der Waals surface area contributed by atoms with Crippen LogP contribution in [0.5, 0.6) is 0 Å². The molecule has 0 bridgehead atoms. The zero-order valence-electron chi connectivity index (χ0n) is 12.0. The molecule has 7 heteroatoms. The predicted molar refractivity (Wildman–Crippen MR) is 73.3 cm³/mol. The third-order valence-electron chi connectivity index (χ3n) is 2.91. The molecule has 0 aliphatic rings. The number of nitrogens with zero attached hydrogens (tertiary/aromatic N) is 3. The number of likely N-dealkylation sites (N-methyl/N-ethyl adjacent to an activating group) is 2. The zero-order chi connectivity index (χ0) is 15.4. The van der Waals surface area contributed by atoms with Crippen molar-refractivity contribution in [2.45, 2.75) is 6.92 Å². The molecule has 0 radical (unpaired) electrons. The molecule has 0 saturated carbocycles. The summed E-state index contributed by atoms with van der Waals surface area (Å²) in [6.45, 7) is 2.43. The Balaban J connectivity index is 3.05. The first-order valence-electron chi connectivity index (χ1n) is 6.08. The van der Waals surface area contributed by atoms with Gasteiger partial charge in [-0.1, -0.05) is 0 Å². The molecular formula is C13H18FN3O3. The molecule has 6 nitrogen and oxygen atoms in total. The summed E-state index contributed by atoms with van der Waals surface area (Å²) in [4.78, 5) is 25.5. The third kappa shape index (κ3) is 3.74. The fourth-order valence-electron chi connectivity index (χ4n) is 1.67. The summed E-state index contributed by atoms with van der Waals surface area (Å²) in [6.07, 6.45) is 0. The molecule has 110 valence electrons. The van der Waals surface area contributed by atoms with E-state index in [4.69, 9.17) is 0 Å². The monoisotopic (exact) mass is 283 g/mol. The Hall–Kier alpha value is -2.02. The number of benzene rings is 1. The molecule has 0 N–H and O–H groups in total. The van der Waals surface area contributed by atoms with E-state index < -0.39 is 16.6 Å². The second-order valence-electron chi connectivity index (χ2n) is 4.91. The molecule has 1 rings (SSSR count). The molecular weight excluding hydrogens is 265 g/mol. The molecule has 1 aromatic carbocycles. The highest BCUT2D eigenvalue weighted by atomic mass is 19.1. The Kier molecular flexibility index (Phi) is 5.15. The molecule has 0 fully saturated rings. The van der Waals surface area contributed by atoms with E-state index in [0.29, 0.717) is 13.1 Å². The van der Waals surface area contributed by atoms with Crippen LogP contribution in [0.2, 0.25) is 0 Å². The second-order valence-corrected chi connectivity index (χ2v) is 4.91. The lowest BCUT2D eigenvalue weighted by atomic mass is 10.1. The maximum Gasteiger partial charge on any atom is 0.270 e. The average Bonchev–Trinajstić information content (AvgIpc) is 2.37. The van der Waals surface area contributed by atoms with Gasteiger partial charge in [-0.15, -0.1) is 0 Å². The smallest absolute Gasteiger partial charge is 0.270 e. The van der Waals surface area contributed by atoms with E-state index in [2.05, 4.69) is 0 Å². The van der Waals surface area contributed by atoms with E-state index in [1.165, 1.54) is 11.8 Å². The van der Waals surface area contributed by atoms with Crippen molar-refractivity contribution in [2.75, 3.05) is 34.2 Å². The fourth-order valence-corrected chi connectivity index (χ4v) is 1.67. The predicted octanol–water partition coefficient (Wildman–Crippen LogP) is 1.68. The van der Waals surface area contributed by atoms with Gasteiger partial charge in [0, 0.05) is 32.3 Å². The summed E-state index contributed by atoms with van der Waals surface area (Å²) in [7, 11) is 5.26. The fraction of sp³-hybridized carbons (Fsp3) is 0.462. The van der Waals surface area contributed by atoms with Crippen LogP contribution in [-0.4, -0.2) is 54.9 Å². The minimum atomic E-state index is -0.711. The van der Waals surface area contributed by atoms with Crippen molar-refractivity contribution in [1.82, 2.24) is 9.80 Å². The van der Waals surface area contributed by atoms with Gasteiger partial charge in [-0.3, -0.25) is 14.9 Å². The van der Waals surface area contributed by atoms with Gasteiger partial charge in [0.2, 0.25) is 0 Å². The molecule has 1 aromatic rings. The lowest BCUT2D eigenvalue weighted by Crippen LogP contribution is -2.34. The number of rotatable bonds is 5. The molecule has 0 aliphatic heterocycles. The average molecular weight is 283 g/mol. The van der Waals surface area contributed by atoms with Gasteiger partial charge in [-0.25, -0.2) is 4.39 Å². The molecule has 0 saturated heterocycles. The van der Waals surface area contributed by atoms with Crippen LogP contribution in [0.25, 0.3) is 0 Å². The van der Waals surface area contributed by atoms with Crippen LogP contribution in [0.4, 0.5) is 10.1 Å². The highest BCUT2D eigenvalue weighted by Gasteiger charge is 2.22. The number of hydrogen-bond donors (Lipinski definition) is 0. The Morgan fingerprint density at radius 1 is 1.30 bits per heavy atom. The summed E-state index contributed by atoms with van der Waals surface area (Å²) in [5, 5.41) is 10.8. The molecule has 0 unspecified atom stereocenters. The second kappa shape index (κ2) is 6.42. The van der Waals surface area contributed by atoms with Crippen molar-refractivity contribution in [3.63, 3.8) is 0 Å². The zero-order valence-corrected chi connectivity index (χ0v) is 12.0. The van der Waals surface area contributed by atoms with Gasteiger partial charge in [-0.05, 0) is 26.6 Å². The van der Waals surface area contributed by atoms with Gasteiger partial charge in [0.15, 0.2) is 0 Å². The van der Waals surface area contributed by atoms with Crippen molar-refractivity contribution in [3.8, 4) is 0 Å². The molecule has 0 heterocycles. The number of amides is 1. The number of non-ortho nitro benzene ring substituents is 1. The van der Waals surface area contributed by atoms with E-state index in [9.17, 15) is 19.3 Å². The van der Waals surface area contributed by atoms with Crippen LogP contribution < -0.4 is 0 Å². The topological polar surface area (TPSA) is 66.7 Å². The largest absolute Gasteiger partial charge is 0.340 e. The van der Waals surface area contributed by atoms with Crippen LogP contribution >= 0.6 is 0 Å². The van der Waals surface area contributed by atoms with Gasteiger partial charge in [0.1, 0.15) is 5.82 Å². The highest BCUT2D eigenvalue weighted by Crippen LogP contribution is 2.22. The molecule has 0 atom stereocenters. The first-order valence-corrected chi connectivity index (χ1v) is 6.08. The molecule has 1 amide bonds. The third-order valence-corrected chi connectivity index (χ3v) is 2.91. The Bertz CT molecular complexity index is 532. The number of hydrogen-bond acceptors (Lipinski definition) is 4. The van der Waals surface area contributed by atoms with Crippen LogP contribution in [0.3, 0.4) is 0 Å². The number of halogens is 1. The number of nitro groups is 1. The van der Waals surface area contributed by atoms with Crippen molar-refractivity contribution < 1.29 is 14.1 Å². The van der Waals surface area contributed by atoms with Gasteiger partial charge in [0.05, 0.1) is 10.5 Å². The maximum absolute atomic E-state index is 14.0. The lowest BCUT2D eigenvalue weighted by Gasteiger charge is -2.20. The van der Waals surface area contributed by atoms with E-state index in [0.717, 1.165) is 12.1 Å². The van der Waals surface area contributed by atoms with E-state index in [1.807, 2.05) is 19.0 Å². The minimum absolute atomic E-state index is 0.0866. The SMILES string of the molecule is Cc1cc([N+](=O)[O-])cc(C(=O)N(C)CCN(C)C)c1F. The Morgan fingerprint density at radius 2 is 1.90 bits per heavy atom. The van der Waals surface area contributed by atoms with Crippen LogP contribution in [0.1, 0.15) is 15.9 Å². The van der Waals surface area contributed by atoms with Crippen LogP contribution in [0.15, 0.2) is 12.1 Å². The first kappa shape index (κ1) is 16.0. The van der Waals surface area contributed by atoms with Crippen molar-refractivity contribution in [2.24, 2.45) is 0 Å². The number of carbonyl (C=O) groups excluding carboxylic acids is 1. The lowest BCUT2D eigenvalue weighted by molar-refractivity contribution is -0.385. The van der Waals surface area contributed by atoms with E-state index in [-0.39, 0.29) is 16.8 Å². The summed E-state index contributed by atoms with van der Waals surface area (Å²) in [5.74, 6) is -1.27. The summed E-state index contributed by atoms with van der Waals surface area (Å²) >= 11 is 0. The van der Waals surface area contributed by atoms with Gasteiger partial charge < -0.3 is 9.80 Å². The first-order chi connectivity index (χ1) is 9.23. The Morgan fingerprint density at radius 3 is 2.40 bits per heavy atom. The van der Waals surface area contributed by atoms with Crippen molar-refractivity contribution in [3.05, 3.63) is 39.2 Å². The number of aryl methyl sites for hydroxylation is 1. The normalized spacial score (nSPS) is 10.7. The maximum atomic E-state index is 14.0. The minimum Gasteiger partial charge on any atom is -0.340 e. The van der Waals surface area contributed by atoms with Gasteiger partial charge in [0.25, 0.3) is 11.6 Å². The summed E-state index contributed by atoms with van der Waals surface area (Å²) in [6, 6.07) is 2.10. The molecule has 20 heavy (non-hydrogen) atoms. The van der Waals surface area contributed by atoms with Crippen molar-refractivity contribution >= 4 is 11.6 Å². The Labute approximate surface area is 116 Å². The summed E-state index contributed by atoms with van der Waals surface area (Å²) in [5.41, 5.74) is -0.463. The van der Waals surface area contributed by atoms with Gasteiger partial charge >= 0.3 is 0 Å². The molecule has 0 spiro atoms. The van der Waals surface area contributed by atoms with Crippen LogP contribution in [-0.2, 0) is 0 Å². The number of carbonyl (C=O) groups is 1.